The van der Waals surface area contributed by atoms with E-state index in [1.54, 1.807) is 6.07 Å². The van der Waals surface area contributed by atoms with Crippen LogP contribution in [0.15, 0.2) is 71.2 Å². The molecule has 0 spiro atoms. The molecule has 0 saturated carbocycles. The van der Waals surface area contributed by atoms with Gasteiger partial charge in [-0.3, -0.25) is 4.79 Å². The molecule has 0 aromatic heterocycles. The van der Waals surface area contributed by atoms with Gasteiger partial charge in [-0.2, -0.15) is 0 Å². The van der Waals surface area contributed by atoms with Crippen LogP contribution in [0, 0.1) is 0 Å². The third kappa shape index (κ3) is 6.11. The molecule has 0 fully saturated rings. The fourth-order valence-electron chi connectivity index (χ4n) is 3.13. The first-order valence-corrected chi connectivity index (χ1v) is 10.9. The molecule has 0 aliphatic rings. The van der Waals surface area contributed by atoms with Gasteiger partial charge >= 0.3 is 5.97 Å². The molecule has 0 aliphatic heterocycles. The molecule has 1 amide bonds. The summed E-state index contributed by atoms with van der Waals surface area (Å²) >= 11 is 3.38. The molecule has 0 saturated heterocycles. The Hall–Kier alpha value is -3.32. The molecule has 32 heavy (non-hydrogen) atoms. The van der Waals surface area contributed by atoms with Gasteiger partial charge in [0, 0.05) is 5.69 Å². The molecule has 1 N–H and O–H groups in total. The number of rotatable bonds is 9. The van der Waals surface area contributed by atoms with Gasteiger partial charge in [-0.05, 0) is 58.6 Å². The molecule has 0 aliphatic carbocycles. The standard InChI is InChI=1S/C25H24BrNO5/c1-3-31-24-20(26)14-19(15-22(24)30-2)25(29)32-16-23(28)27-21-12-8-7-11-18(21)13-17-9-5-4-6-10-17/h4-12,14-15H,3,13,16H2,1-2H3,(H,27,28). The number of carbonyl (C=O) groups is 2. The normalized spacial score (nSPS) is 10.3. The highest BCUT2D eigenvalue weighted by Gasteiger charge is 2.17. The van der Waals surface area contributed by atoms with Gasteiger partial charge in [-0.15, -0.1) is 0 Å². The third-order valence-corrected chi connectivity index (χ3v) is 5.21. The van der Waals surface area contributed by atoms with Crippen LogP contribution in [0.25, 0.3) is 0 Å². The van der Waals surface area contributed by atoms with Crippen molar-refractivity contribution in [1.29, 1.82) is 0 Å². The van der Waals surface area contributed by atoms with Crippen LogP contribution < -0.4 is 14.8 Å². The monoisotopic (exact) mass is 497 g/mol. The lowest BCUT2D eigenvalue weighted by Crippen LogP contribution is -2.21. The molecule has 0 unspecified atom stereocenters. The predicted molar refractivity (Wildman–Crippen MR) is 126 cm³/mol. The molecule has 3 aromatic carbocycles. The largest absolute Gasteiger partial charge is 0.493 e. The average Bonchev–Trinajstić information content (AvgIpc) is 2.80. The summed E-state index contributed by atoms with van der Waals surface area (Å²) in [6.45, 7) is 1.89. The van der Waals surface area contributed by atoms with Gasteiger partial charge in [0.1, 0.15) is 0 Å². The predicted octanol–water partition coefficient (Wildman–Crippen LogP) is 5.24. The van der Waals surface area contributed by atoms with E-state index in [0.29, 0.717) is 34.7 Å². The highest BCUT2D eigenvalue weighted by atomic mass is 79.9. The van der Waals surface area contributed by atoms with Crippen LogP contribution in [0.1, 0.15) is 28.4 Å². The molecule has 0 bridgehead atoms. The Morgan fingerprint density at radius 3 is 2.44 bits per heavy atom. The molecule has 3 rings (SSSR count). The van der Waals surface area contributed by atoms with E-state index >= 15 is 0 Å². The number of amides is 1. The maximum atomic E-state index is 12.5. The van der Waals surface area contributed by atoms with Crippen molar-refractivity contribution in [3.05, 3.63) is 87.9 Å². The van der Waals surface area contributed by atoms with Crippen molar-refractivity contribution in [2.75, 3.05) is 25.6 Å². The Morgan fingerprint density at radius 1 is 1.00 bits per heavy atom. The summed E-state index contributed by atoms with van der Waals surface area (Å²) in [4.78, 5) is 24.9. The quantitative estimate of drug-likeness (QED) is 0.409. The highest BCUT2D eigenvalue weighted by molar-refractivity contribution is 9.10. The molecule has 6 nitrogen and oxygen atoms in total. The van der Waals surface area contributed by atoms with E-state index < -0.39 is 18.5 Å². The maximum absolute atomic E-state index is 12.5. The molecule has 3 aromatic rings. The number of benzene rings is 3. The first-order chi connectivity index (χ1) is 15.5. The second-order valence-corrected chi connectivity index (χ2v) is 7.72. The van der Waals surface area contributed by atoms with E-state index in [4.69, 9.17) is 14.2 Å². The second kappa shape index (κ2) is 11.3. The smallest absolute Gasteiger partial charge is 0.338 e. The molecule has 7 heteroatoms. The van der Waals surface area contributed by atoms with Crippen LogP contribution in [0.2, 0.25) is 0 Å². The minimum absolute atomic E-state index is 0.245. The lowest BCUT2D eigenvalue weighted by Gasteiger charge is -2.14. The number of para-hydroxylation sites is 1. The minimum atomic E-state index is -0.639. The second-order valence-electron chi connectivity index (χ2n) is 6.87. The number of ether oxygens (including phenoxy) is 3. The Labute approximate surface area is 195 Å². The zero-order chi connectivity index (χ0) is 22.9. The number of anilines is 1. The molecule has 166 valence electrons. The summed E-state index contributed by atoms with van der Waals surface area (Å²) in [5, 5.41) is 2.83. The zero-order valence-corrected chi connectivity index (χ0v) is 19.5. The fourth-order valence-corrected chi connectivity index (χ4v) is 3.69. The summed E-state index contributed by atoms with van der Waals surface area (Å²) in [7, 11) is 1.49. The van der Waals surface area contributed by atoms with Gasteiger partial charge in [0.25, 0.3) is 5.91 Å². The van der Waals surface area contributed by atoms with E-state index in [0.717, 1.165) is 11.1 Å². The molecular formula is C25H24BrNO5. The van der Waals surface area contributed by atoms with Crippen LogP contribution in [0.3, 0.4) is 0 Å². The average molecular weight is 498 g/mol. The van der Waals surface area contributed by atoms with Crippen molar-refractivity contribution < 1.29 is 23.8 Å². The molecule has 0 atom stereocenters. The number of methoxy groups -OCH3 is 1. The molecule has 0 radical (unpaired) electrons. The van der Waals surface area contributed by atoms with Crippen molar-refractivity contribution in [3.8, 4) is 11.5 Å². The number of halogens is 1. The Bertz CT molecular complexity index is 1080. The van der Waals surface area contributed by atoms with Gasteiger partial charge in [0.05, 0.1) is 23.8 Å². The van der Waals surface area contributed by atoms with E-state index in [2.05, 4.69) is 21.2 Å². The number of hydrogen-bond donors (Lipinski definition) is 1. The van der Waals surface area contributed by atoms with Gasteiger partial charge in [-0.25, -0.2) is 4.79 Å². The Morgan fingerprint density at radius 2 is 1.72 bits per heavy atom. The fraction of sp³-hybridized carbons (Fsp3) is 0.200. The number of nitrogens with one attached hydrogen (secondary N) is 1. The Balaban J connectivity index is 1.63. The van der Waals surface area contributed by atoms with Crippen molar-refractivity contribution >= 4 is 33.5 Å². The lowest BCUT2D eigenvalue weighted by molar-refractivity contribution is -0.119. The first-order valence-electron chi connectivity index (χ1n) is 10.1. The number of carbonyl (C=O) groups excluding carboxylic acids is 2. The summed E-state index contributed by atoms with van der Waals surface area (Å²) in [6.07, 6.45) is 0.678. The summed E-state index contributed by atoms with van der Waals surface area (Å²) in [5.41, 5.74) is 3.03. The van der Waals surface area contributed by atoms with Crippen molar-refractivity contribution in [2.45, 2.75) is 13.3 Å². The summed E-state index contributed by atoms with van der Waals surface area (Å²) < 4.78 is 16.6. The van der Waals surface area contributed by atoms with Crippen LogP contribution in [0.5, 0.6) is 11.5 Å². The van der Waals surface area contributed by atoms with Crippen molar-refractivity contribution in [2.24, 2.45) is 0 Å². The SMILES string of the molecule is CCOc1c(Br)cc(C(=O)OCC(=O)Nc2ccccc2Cc2ccccc2)cc1OC. The van der Waals surface area contributed by atoms with Gasteiger partial charge in [-0.1, -0.05) is 48.5 Å². The van der Waals surface area contributed by atoms with Crippen LogP contribution in [-0.2, 0) is 16.0 Å². The number of esters is 1. The van der Waals surface area contributed by atoms with E-state index in [-0.39, 0.29) is 5.56 Å². The van der Waals surface area contributed by atoms with Crippen LogP contribution in [0.4, 0.5) is 5.69 Å². The molecular weight excluding hydrogens is 474 g/mol. The zero-order valence-electron chi connectivity index (χ0n) is 17.9. The van der Waals surface area contributed by atoms with Gasteiger partial charge in [0.2, 0.25) is 0 Å². The third-order valence-electron chi connectivity index (χ3n) is 4.62. The van der Waals surface area contributed by atoms with E-state index in [1.165, 1.54) is 13.2 Å². The summed E-state index contributed by atoms with van der Waals surface area (Å²) in [5.74, 6) is -0.164. The minimum Gasteiger partial charge on any atom is -0.493 e. The highest BCUT2D eigenvalue weighted by Crippen LogP contribution is 2.36. The van der Waals surface area contributed by atoms with Crippen molar-refractivity contribution in [1.82, 2.24) is 0 Å². The Kier molecular flexibility index (Phi) is 8.27. The van der Waals surface area contributed by atoms with Gasteiger partial charge in [0.15, 0.2) is 18.1 Å². The maximum Gasteiger partial charge on any atom is 0.338 e. The van der Waals surface area contributed by atoms with E-state index in [9.17, 15) is 9.59 Å². The first kappa shape index (κ1) is 23.3. The van der Waals surface area contributed by atoms with Crippen molar-refractivity contribution in [3.63, 3.8) is 0 Å². The topological polar surface area (TPSA) is 73.9 Å². The van der Waals surface area contributed by atoms with Gasteiger partial charge < -0.3 is 19.5 Å². The number of hydrogen-bond acceptors (Lipinski definition) is 5. The van der Waals surface area contributed by atoms with Crippen LogP contribution in [-0.4, -0.2) is 32.2 Å². The lowest BCUT2D eigenvalue weighted by atomic mass is 10.0. The summed E-state index contributed by atoms with van der Waals surface area (Å²) in [6, 6.07) is 20.6. The molecule has 0 heterocycles. The van der Waals surface area contributed by atoms with Crippen LogP contribution >= 0.6 is 15.9 Å². The van der Waals surface area contributed by atoms with E-state index in [1.807, 2.05) is 61.5 Å².